The molecule has 4 nitrogen and oxygen atoms in total. The number of hydrogen-bond donors (Lipinski definition) is 3. The Kier molecular flexibility index (Phi) is 4.66. The van der Waals surface area contributed by atoms with Gasteiger partial charge in [-0.1, -0.05) is 12.1 Å². The van der Waals surface area contributed by atoms with Crippen LogP contribution in [-0.4, -0.2) is 30.2 Å². The van der Waals surface area contributed by atoms with Gasteiger partial charge in [0.25, 0.3) is 5.91 Å². The lowest BCUT2D eigenvalue weighted by Crippen LogP contribution is -2.38. The number of hydrogen-bond acceptors (Lipinski definition) is 3. The van der Waals surface area contributed by atoms with Crippen molar-refractivity contribution in [3.63, 3.8) is 0 Å². The number of rotatable bonds is 5. The van der Waals surface area contributed by atoms with Crippen LogP contribution in [0.3, 0.4) is 0 Å². The van der Waals surface area contributed by atoms with Gasteiger partial charge in [-0.15, -0.1) is 0 Å². The summed E-state index contributed by atoms with van der Waals surface area (Å²) in [5, 5.41) is 15.3. The van der Waals surface area contributed by atoms with E-state index in [0.29, 0.717) is 5.56 Å². The lowest BCUT2D eigenvalue weighted by molar-refractivity contribution is 0.0694. The van der Waals surface area contributed by atoms with E-state index in [0.717, 1.165) is 12.1 Å². The number of nitrogens with one attached hydrogen (secondary N) is 2. The van der Waals surface area contributed by atoms with Crippen molar-refractivity contribution in [2.24, 2.45) is 0 Å². The highest BCUT2D eigenvalue weighted by Crippen LogP contribution is 2.06. The van der Waals surface area contributed by atoms with Gasteiger partial charge in [0.2, 0.25) is 0 Å². The minimum absolute atomic E-state index is 0.162. The minimum atomic E-state index is -0.891. The zero-order chi connectivity index (χ0) is 12.9. The fraction of sp³-hybridized carbons (Fsp3) is 0.462. The maximum absolute atomic E-state index is 11.8. The molecule has 0 heterocycles. The summed E-state index contributed by atoms with van der Waals surface area (Å²) in [7, 11) is 1.86. The zero-order valence-corrected chi connectivity index (χ0v) is 10.6. The summed E-state index contributed by atoms with van der Waals surface area (Å²) in [4.78, 5) is 11.8. The Labute approximate surface area is 102 Å². The van der Waals surface area contributed by atoms with Crippen molar-refractivity contribution in [1.82, 2.24) is 10.6 Å². The Morgan fingerprint density at radius 3 is 2.71 bits per heavy atom. The van der Waals surface area contributed by atoms with Crippen LogP contribution in [-0.2, 0) is 6.54 Å². The molecule has 0 fully saturated rings. The molecule has 0 aromatic heterocycles. The SMILES string of the molecule is CNCc1cccc(C(=O)NCC(C)(C)O)c1. The number of amides is 1. The Balaban J connectivity index is 2.65. The van der Waals surface area contributed by atoms with Gasteiger partial charge >= 0.3 is 0 Å². The van der Waals surface area contributed by atoms with Gasteiger partial charge in [0.1, 0.15) is 0 Å². The smallest absolute Gasteiger partial charge is 0.251 e. The van der Waals surface area contributed by atoms with Crippen molar-refractivity contribution >= 4 is 5.91 Å². The second-order valence-corrected chi connectivity index (χ2v) is 4.73. The van der Waals surface area contributed by atoms with Crippen LogP contribution in [0.1, 0.15) is 29.8 Å². The van der Waals surface area contributed by atoms with Gasteiger partial charge in [0.15, 0.2) is 0 Å². The molecule has 0 bridgehead atoms. The second-order valence-electron chi connectivity index (χ2n) is 4.73. The number of benzene rings is 1. The first-order valence-corrected chi connectivity index (χ1v) is 5.66. The van der Waals surface area contributed by atoms with Crippen molar-refractivity contribution in [2.45, 2.75) is 26.0 Å². The maximum atomic E-state index is 11.8. The predicted molar refractivity (Wildman–Crippen MR) is 67.8 cm³/mol. The molecule has 0 saturated heterocycles. The Bertz CT molecular complexity index is 383. The third-order valence-corrected chi connectivity index (χ3v) is 2.25. The van der Waals surface area contributed by atoms with Gasteiger partial charge in [-0.2, -0.15) is 0 Å². The van der Waals surface area contributed by atoms with E-state index >= 15 is 0 Å². The summed E-state index contributed by atoms with van der Waals surface area (Å²) in [5.41, 5.74) is 0.781. The molecule has 0 aliphatic heterocycles. The largest absolute Gasteiger partial charge is 0.389 e. The van der Waals surface area contributed by atoms with Gasteiger partial charge in [-0.25, -0.2) is 0 Å². The van der Waals surface area contributed by atoms with E-state index in [4.69, 9.17) is 0 Å². The molecule has 0 spiro atoms. The average molecular weight is 236 g/mol. The lowest BCUT2D eigenvalue weighted by atomic mass is 10.1. The number of carbonyl (C=O) groups excluding carboxylic acids is 1. The normalized spacial score (nSPS) is 11.3. The summed E-state index contributed by atoms with van der Waals surface area (Å²) >= 11 is 0. The van der Waals surface area contributed by atoms with Crippen molar-refractivity contribution in [2.75, 3.05) is 13.6 Å². The van der Waals surface area contributed by atoms with Crippen LogP contribution in [0.4, 0.5) is 0 Å². The summed E-state index contributed by atoms with van der Waals surface area (Å²) in [6.07, 6.45) is 0. The highest BCUT2D eigenvalue weighted by Gasteiger charge is 2.14. The molecular formula is C13H20N2O2. The van der Waals surface area contributed by atoms with Crippen molar-refractivity contribution < 1.29 is 9.90 Å². The molecule has 3 N–H and O–H groups in total. The zero-order valence-electron chi connectivity index (χ0n) is 10.6. The molecule has 0 atom stereocenters. The Morgan fingerprint density at radius 2 is 2.12 bits per heavy atom. The minimum Gasteiger partial charge on any atom is -0.389 e. The van der Waals surface area contributed by atoms with Crippen LogP contribution in [0.25, 0.3) is 0 Å². The predicted octanol–water partition coefficient (Wildman–Crippen LogP) is 0.907. The molecule has 1 rings (SSSR count). The molecule has 94 valence electrons. The molecule has 1 aromatic carbocycles. The van der Waals surface area contributed by atoms with Gasteiger partial charge in [-0.3, -0.25) is 4.79 Å². The molecule has 1 aromatic rings. The summed E-state index contributed by atoms with van der Waals surface area (Å²) in [6.45, 7) is 4.28. The molecule has 0 unspecified atom stereocenters. The molecule has 0 aliphatic rings. The van der Waals surface area contributed by atoms with E-state index < -0.39 is 5.60 Å². The molecule has 0 saturated carbocycles. The molecule has 0 aliphatic carbocycles. The van der Waals surface area contributed by atoms with E-state index in [1.807, 2.05) is 25.2 Å². The van der Waals surface area contributed by atoms with Crippen LogP contribution < -0.4 is 10.6 Å². The number of carbonyl (C=O) groups is 1. The summed E-state index contributed by atoms with van der Waals surface area (Å²) in [5.74, 6) is -0.162. The highest BCUT2D eigenvalue weighted by molar-refractivity contribution is 5.94. The molecule has 1 amide bonds. The lowest BCUT2D eigenvalue weighted by Gasteiger charge is -2.17. The van der Waals surface area contributed by atoms with Gasteiger partial charge in [0.05, 0.1) is 5.60 Å². The fourth-order valence-corrected chi connectivity index (χ4v) is 1.43. The van der Waals surface area contributed by atoms with E-state index in [1.165, 1.54) is 0 Å². The first kappa shape index (κ1) is 13.7. The first-order valence-electron chi connectivity index (χ1n) is 5.66. The standard InChI is InChI=1S/C13H20N2O2/c1-13(2,17)9-15-12(16)11-6-4-5-10(7-11)8-14-3/h4-7,14,17H,8-9H2,1-3H3,(H,15,16). The van der Waals surface area contributed by atoms with Crippen molar-refractivity contribution in [3.05, 3.63) is 35.4 Å². The van der Waals surface area contributed by atoms with Gasteiger partial charge in [-0.05, 0) is 38.6 Å². The van der Waals surface area contributed by atoms with E-state index in [2.05, 4.69) is 10.6 Å². The monoisotopic (exact) mass is 236 g/mol. The van der Waals surface area contributed by atoms with Crippen molar-refractivity contribution in [3.8, 4) is 0 Å². The molecule has 0 radical (unpaired) electrons. The second kappa shape index (κ2) is 5.80. The van der Waals surface area contributed by atoms with Gasteiger partial charge in [0, 0.05) is 18.7 Å². The molecule has 4 heteroatoms. The number of aliphatic hydroxyl groups is 1. The van der Waals surface area contributed by atoms with Crippen LogP contribution in [0.15, 0.2) is 24.3 Å². The Morgan fingerprint density at radius 1 is 1.41 bits per heavy atom. The third-order valence-electron chi connectivity index (χ3n) is 2.25. The fourth-order valence-electron chi connectivity index (χ4n) is 1.43. The van der Waals surface area contributed by atoms with E-state index in [1.54, 1.807) is 19.9 Å². The molecule has 17 heavy (non-hydrogen) atoms. The van der Waals surface area contributed by atoms with E-state index in [9.17, 15) is 9.90 Å². The third kappa shape index (κ3) is 4.97. The maximum Gasteiger partial charge on any atom is 0.251 e. The van der Waals surface area contributed by atoms with Gasteiger partial charge < -0.3 is 15.7 Å². The topological polar surface area (TPSA) is 61.4 Å². The van der Waals surface area contributed by atoms with Crippen LogP contribution >= 0.6 is 0 Å². The first-order chi connectivity index (χ1) is 7.92. The Hall–Kier alpha value is -1.39. The summed E-state index contributed by atoms with van der Waals surface area (Å²) < 4.78 is 0. The average Bonchev–Trinajstić information content (AvgIpc) is 2.26. The van der Waals surface area contributed by atoms with Crippen LogP contribution in [0.5, 0.6) is 0 Å². The van der Waals surface area contributed by atoms with E-state index in [-0.39, 0.29) is 12.5 Å². The van der Waals surface area contributed by atoms with Crippen LogP contribution in [0, 0.1) is 0 Å². The van der Waals surface area contributed by atoms with Crippen LogP contribution in [0.2, 0.25) is 0 Å². The summed E-state index contributed by atoms with van der Waals surface area (Å²) in [6, 6.07) is 7.42. The van der Waals surface area contributed by atoms with Crippen molar-refractivity contribution in [1.29, 1.82) is 0 Å². The quantitative estimate of drug-likeness (QED) is 0.712. The molecular weight excluding hydrogens is 216 g/mol. The highest BCUT2D eigenvalue weighted by atomic mass is 16.3.